The van der Waals surface area contributed by atoms with Crippen molar-refractivity contribution in [2.24, 2.45) is 0 Å². The first-order chi connectivity index (χ1) is 17.3. The normalized spacial score (nSPS) is 16.0. The van der Waals surface area contributed by atoms with E-state index in [-0.39, 0.29) is 5.91 Å². The summed E-state index contributed by atoms with van der Waals surface area (Å²) in [6.45, 7) is 1.49. The zero-order chi connectivity index (χ0) is 23.4. The molecule has 0 bridgehead atoms. The Bertz CT molecular complexity index is 1770. The van der Waals surface area contributed by atoms with E-state index < -0.39 is 0 Å². The van der Waals surface area contributed by atoms with Crippen LogP contribution in [0, 0.1) is 0 Å². The van der Waals surface area contributed by atoms with Crippen molar-refractivity contribution in [1.82, 2.24) is 24.8 Å². The van der Waals surface area contributed by atoms with E-state index in [4.69, 9.17) is 9.97 Å². The molecule has 1 aliphatic heterocycles. The topological polar surface area (TPSA) is 71.9 Å². The molecule has 0 N–H and O–H groups in total. The van der Waals surface area contributed by atoms with Crippen molar-refractivity contribution in [3.05, 3.63) is 96.3 Å². The van der Waals surface area contributed by atoms with E-state index in [1.807, 2.05) is 53.4 Å². The standard InChI is InChI=1S/C29H21N5O/c35-29(34-15-12-20(17-34)18-6-2-1-3-7-18)19-10-11-23-24(16-19)33-28-22-9-5-14-31-26(22)25-21(27(28)32-23)8-4-13-30-25/h1-11,13-14,16,20H,12,15,17H2/t20-/m1/s1. The molecule has 0 radical (unpaired) electrons. The smallest absolute Gasteiger partial charge is 0.253 e. The van der Waals surface area contributed by atoms with Crippen molar-refractivity contribution in [3.8, 4) is 0 Å². The quantitative estimate of drug-likeness (QED) is 0.254. The van der Waals surface area contributed by atoms with Crippen molar-refractivity contribution in [3.63, 3.8) is 0 Å². The van der Waals surface area contributed by atoms with Crippen LogP contribution in [-0.2, 0) is 0 Å². The van der Waals surface area contributed by atoms with E-state index in [1.165, 1.54) is 5.56 Å². The Hall–Kier alpha value is -4.45. The third-order valence-corrected chi connectivity index (χ3v) is 7.01. The lowest BCUT2D eigenvalue weighted by Crippen LogP contribution is -2.28. The molecule has 0 spiro atoms. The van der Waals surface area contributed by atoms with Crippen LogP contribution in [0.2, 0.25) is 0 Å². The first kappa shape index (κ1) is 20.0. The molecule has 1 fully saturated rings. The number of carbonyl (C=O) groups excluding carboxylic acids is 1. The van der Waals surface area contributed by atoms with Gasteiger partial charge in [0.1, 0.15) is 0 Å². The number of amides is 1. The molecule has 1 saturated heterocycles. The van der Waals surface area contributed by atoms with Crippen LogP contribution >= 0.6 is 0 Å². The fourth-order valence-corrected chi connectivity index (χ4v) is 5.26. The highest BCUT2D eigenvalue weighted by molar-refractivity contribution is 6.21. The van der Waals surface area contributed by atoms with Gasteiger partial charge < -0.3 is 4.90 Å². The molecule has 3 aromatic carbocycles. The van der Waals surface area contributed by atoms with Gasteiger partial charge in [-0.15, -0.1) is 0 Å². The number of carbonyl (C=O) groups is 1. The minimum absolute atomic E-state index is 0.0430. The number of hydrogen-bond donors (Lipinski definition) is 0. The summed E-state index contributed by atoms with van der Waals surface area (Å²) in [6.07, 6.45) is 4.52. The summed E-state index contributed by atoms with van der Waals surface area (Å²) >= 11 is 0. The molecule has 6 aromatic rings. The summed E-state index contributed by atoms with van der Waals surface area (Å²) in [5.41, 5.74) is 6.59. The van der Waals surface area contributed by atoms with Crippen molar-refractivity contribution in [2.75, 3.05) is 13.1 Å². The van der Waals surface area contributed by atoms with Gasteiger partial charge in [-0.05, 0) is 54.4 Å². The van der Waals surface area contributed by atoms with Crippen molar-refractivity contribution < 1.29 is 4.79 Å². The van der Waals surface area contributed by atoms with E-state index >= 15 is 0 Å². The molecule has 1 atom stereocenters. The molecule has 0 saturated carbocycles. The second kappa shape index (κ2) is 7.81. The molecular weight excluding hydrogens is 434 g/mol. The lowest BCUT2D eigenvalue weighted by Gasteiger charge is -2.17. The second-order valence-electron chi connectivity index (χ2n) is 9.07. The molecule has 35 heavy (non-hydrogen) atoms. The Morgan fingerprint density at radius 2 is 1.43 bits per heavy atom. The minimum Gasteiger partial charge on any atom is -0.338 e. The molecule has 1 amide bonds. The largest absolute Gasteiger partial charge is 0.338 e. The highest BCUT2D eigenvalue weighted by Gasteiger charge is 2.28. The third-order valence-electron chi connectivity index (χ3n) is 7.01. The number of pyridine rings is 2. The van der Waals surface area contributed by atoms with Gasteiger partial charge in [0, 0.05) is 47.7 Å². The van der Waals surface area contributed by atoms with Gasteiger partial charge in [-0.2, -0.15) is 0 Å². The monoisotopic (exact) mass is 455 g/mol. The van der Waals surface area contributed by atoms with Gasteiger partial charge >= 0.3 is 0 Å². The van der Waals surface area contributed by atoms with Crippen LogP contribution in [0.3, 0.4) is 0 Å². The highest BCUT2D eigenvalue weighted by atomic mass is 16.2. The minimum atomic E-state index is 0.0430. The lowest BCUT2D eigenvalue weighted by molar-refractivity contribution is 0.0791. The average molecular weight is 456 g/mol. The molecule has 6 heteroatoms. The van der Waals surface area contributed by atoms with Crippen LogP contribution in [0.1, 0.15) is 28.3 Å². The number of benzene rings is 3. The van der Waals surface area contributed by atoms with Crippen LogP contribution < -0.4 is 0 Å². The number of hydrogen-bond acceptors (Lipinski definition) is 5. The molecule has 168 valence electrons. The Morgan fingerprint density at radius 3 is 2.14 bits per heavy atom. The summed E-state index contributed by atoms with van der Waals surface area (Å²) in [5.74, 6) is 0.423. The average Bonchev–Trinajstić information content (AvgIpc) is 3.43. The SMILES string of the molecule is O=C(c1ccc2nc3c4cccnc4c4ncccc4c3nc2c1)N1CC[C@@H](c2ccccc2)C1. The van der Waals surface area contributed by atoms with Gasteiger partial charge in [0.25, 0.3) is 5.91 Å². The highest BCUT2D eigenvalue weighted by Crippen LogP contribution is 2.32. The van der Waals surface area contributed by atoms with Crippen molar-refractivity contribution in [2.45, 2.75) is 12.3 Å². The van der Waals surface area contributed by atoms with Crippen LogP contribution in [-0.4, -0.2) is 43.8 Å². The fourth-order valence-electron chi connectivity index (χ4n) is 5.26. The number of nitrogens with zero attached hydrogens (tertiary/aromatic N) is 5. The van der Waals surface area contributed by atoms with Gasteiger partial charge in [0.05, 0.1) is 33.1 Å². The number of fused-ring (bicyclic) bond motifs is 7. The zero-order valence-corrected chi connectivity index (χ0v) is 18.9. The molecular formula is C29H21N5O. The van der Waals surface area contributed by atoms with E-state index in [0.717, 1.165) is 57.9 Å². The maximum atomic E-state index is 13.4. The fraction of sp³-hybridized carbons (Fsp3) is 0.138. The Morgan fingerprint density at radius 1 is 0.743 bits per heavy atom. The summed E-state index contributed by atoms with van der Waals surface area (Å²) in [4.78, 5) is 34.4. The van der Waals surface area contributed by atoms with Gasteiger partial charge in [0.2, 0.25) is 0 Å². The molecule has 6 nitrogen and oxygen atoms in total. The Kier molecular flexibility index (Phi) is 4.45. The van der Waals surface area contributed by atoms with Crippen LogP contribution in [0.15, 0.2) is 85.2 Å². The summed E-state index contributed by atoms with van der Waals surface area (Å²) in [7, 11) is 0. The third kappa shape index (κ3) is 3.21. The van der Waals surface area contributed by atoms with E-state index in [2.05, 4.69) is 34.2 Å². The summed E-state index contributed by atoms with van der Waals surface area (Å²) in [5, 5.41) is 1.83. The summed E-state index contributed by atoms with van der Waals surface area (Å²) < 4.78 is 0. The number of likely N-dealkylation sites (tertiary alicyclic amines) is 1. The van der Waals surface area contributed by atoms with Gasteiger partial charge in [-0.1, -0.05) is 30.3 Å². The van der Waals surface area contributed by atoms with Crippen LogP contribution in [0.4, 0.5) is 0 Å². The molecule has 0 unspecified atom stereocenters. The first-order valence-corrected chi connectivity index (χ1v) is 11.8. The number of aromatic nitrogens is 4. The molecule has 1 aliphatic rings. The first-order valence-electron chi connectivity index (χ1n) is 11.8. The van der Waals surface area contributed by atoms with Crippen LogP contribution in [0.5, 0.6) is 0 Å². The predicted octanol–water partition coefficient (Wildman–Crippen LogP) is 5.51. The Balaban J connectivity index is 1.32. The van der Waals surface area contributed by atoms with E-state index in [9.17, 15) is 4.79 Å². The number of rotatable bonds is 2. The van der Waals surface area contributed by atoms with Crippen LogP contribution in [0.25, 0.3) is 43.9 Å². The molecule has 7 rings (SSSR count). The van der Waals surface area contributed by atoms with E-state index in [1.54, 1.807) is 12.4 Å². The second-order valence-corrected chi connectivity index (χ2v) is 9.07. The predicted molar refractivity (Wildman–Crippen MR) is 137 cm³/mol. The van der Waals surface area contributed by atoms with E-state index in [0.29, 0.717) is 17.0 Å². The van der Waals surface area contributed by atoms with Crippen molar-refractivity contribution in [1.29, 1.82) is 0 Å². The van der Waals surface area contributed by atoms with Gasteiger partial charge in [0.15, 0.2) is 0 Å². The molecule has 0 aliphatic carbocycles. The van der Waals surface area contributed by atoms with Gasteiger partial charge in [-0.3, -0.25) is 14.8 Å². The van der Waals surface area contributed by atoms with Gasteiger partial charge in [-0.25, -0.2) is 9.97 Å². The van der Waals surface area contributed by atoms with Crippen molar-refractivity contribution >= 4 is 49.8 Å². The molecule has 4 heterocycles. The zero-order valence-electron chi connectivity index (χ0n) is 18.9. The Labute approximate surface area is 201 Å². The lowest BCUT2D eigenvalue weighted by atomic mass is 9.99. The maximum Gasteiger partial charge on any atom is 0.253 e. The summed E-state index contributed by atoms with van der Waals surface area (Å²) in [6, 6.07) is 23.9. The maximum absolute atomic E-state index is 13.4. The molecule has 3 aromatic heterocycles.